The molecule has 4 rings (SSSR count). The Hall–Kier alpha value is -2.63. The highest BCUT2D eigenvalue weighted by Crippen LogP contribution is 2.38. The fraction of sp³-hybridized carbons (Fsp3) is 0.421. The number of carbonyl (C=O) groups is 2. The van der Waals surface area contributed by atoms with E-state index in [1.165, 1.54) is 5.56 Å². The van der Waals surface area contributed by atoms with Gasteiger partial charge < -0.3 is 14.4 Å². The minimum absolute atomic E-state index is 0.0684. The zero-order valence-corrected chi connectivity index (χ0v) is 14.6. The van der Waals surface area contributed by atoms with E-state index in [0.29, 0.717) is 19.4 Å². The standard InChI is InChI=1S/C19H22N4O2/c1-21-12-10-20-18(21)17-14(7-8-16(24)22(17)2)19(25)23-11-9-13-5-3-4-6-15(13)23/h3-6,10,12,14,17H,7-9,11H2,1-2H3/t14-,17-/m0/s1. The Morgan fingerprint density at radius 2 is 2.00 bits per heavy atom. The van der Waals surface area contributed by atoms with Crippen molar-refractivity contribution in [3.05, 3.63) is 48.0 Å². The molecule has 2 aliphatic heterocycles. The number of benzene rings is 1. The first-order valence-corrected chi connectivity index (χ1v) is 8.70. The Morgan fingerprint density at radius 1 is 1.20 bits per heavy atom. The lowest BCUT2D eigenvalue weighted by Gasteiger charge is -2.39. The second-order valence-electron chi connectivity index (χ2n) is 6.86. The van der Waals surface area contributed by atoms with Gasteiger partial charge in [0.25, 0.3) is 0 Å². The lowest BCUT2D eigenvalue weighted by molar-refractivity contribution is -0.141. The van der Waals surface area contributed by atoms with E-state index in [-0.39, 0.29) is 23.8 Å². The SMILES string of the molecule is CN1C(=O)CC[C@H](C(=O)N2CCc3ccccc32)[C@H]1c1nccn1C. The summed E-state index contributed by atoms with van der Waals surface area (Å²) in [5, 5.41) is 0. The molecule has 1 fully saturated rings. The third kappa shape index (κ3) is 2.52. The molecule has 1 saturated heterocycles. The van der Waals surface area contributed by atoms with Crippen LogP contribution in [0, 0.1) is 5.92 Å². The molecule has 1 aromatic carbocycles. The van der Waals surface area contributed by atoms with Crippen LogP contribution in [0.1, 0.15) is 30.3 Å². The number of carbonyl (C=O) groups excluding carboxylic acids is 2. The molecule has 0 unspecified atom stereocenters. The molecule has 0 saturated carbocycles. The second kappa shape index (κ2) is 6.02. The van der Waals surface area contributed by atoms with Crippen molar-refractivity contribution in [2.45, 2.75) is 25.3 Å². The lowest BCUT2D eigenvalue weighted by Crippen LogP contribution is -2.48. The number of piperidine rings is 1. The average Bonchev–Trinajstić information content (AvgIpc) is 3.23. The largest absolute Gasteiger partial charge is 0.336 e. The molecule has 0 N–H and O–H groups in total. The maximum Gasteiger partial charge on any atom is 0.232 e. The Labute approximate surface area is 147 Å². The monoisotopic (exact) mass is 338 g/mol. The van der Waals surface area contributed by atoms with Gasteiger partial charge in [-0.25, -0.2) is 4.98 Å². The van der Waals surface area contributed by atoms with Crippen LogP contribution >= 0.6 is 0 Å². The summed E-state index contributed by atoms with van der Waals surface area (Å²) in [6, 6.07) is 7.75. The summed E-state index contributed by atoms with van der Waals surface area (Å²) in [5.41, 5.74) is 2.22. The highest BCUT2D eigenvalue weighted by Gasteiger charge is 2.43. The number of amides is 2. The van der Waals surface area contributed by atoms with Crippen LogP contribution in [0.3, 0.4) is 0 Å². The molecule has 0 spiro atoms. The first kappa shape index (κ1) is 15.9. The molecule has 2 amide bonds. The number of likely N-dealkylation sites (tertiary alicyclic amines) is 1. The summed E-state index contributed by atoms with van der Waals surface area (Å²) in [4.78, 5) is 33.7. The predicted molar refractivity (Wildman–Crippen MR) is 93.9 cm³/mol. The van der Waals surface area contributed by atoms with Gasteiger partial charge in [0.05, 0.1) is 5.92 Å². The van der Waals surface area contributed by atoms with Gasteiger partial charge in [0.2, 0.25) is 11.8 Å². The van der Waals surface area contributed by atoms with E-state index in [2.05, 4.69) is 11.1 Å². The van der Waals surface area contributed by atoms with Crippen LogP contribution in [0.2, 0.25) is 0 Å². The van der Waals surface area contributed by atoms with Gasteiger partial charge in [-0.2, -0.15) is 0 Å². The minimum atomic E-state index is -0.318. The Balaban J connectivity index is 1.69. The smallest absolute Gasteiger partial charge is 0.232 e. The van der Waals surface area contributed by atoms with Gasteiger partial charge in [-0.3, -0.25) is 9.59 Å². The van der Waals surface area contributed by atoms with Crippen molar-refractivity contribution in [1.82, 2.24) is 14.5 Å². The van der Waals surface area contributed by atoms with Crippen LogP contribution in [0.4, 0.5) is 5.69 Å². The van der Waals surface area contributed by atoms with E-state index in [9.17, 15) is 9.59 Å². The van der Waals surface area contributed by atoms with Crippen molar-refractivity contribution in [3.63, 3.8) is 0 Å². The van der Waals surface area contributed by atoms with Gasteiger partial charge in [-0.1, -0.05) is 18.2 Å². The Bertz CT molecular complexity index is 828. The van der Waals surface area contributed by atoms with Crippen LogP contribution in [0.15, 0.2) is 36.7 Å². The van der Waals surface area contributed by atoms with Crippen LogP contribution in [-0.4, -0.2) is 39.9 Å². The summed E-state index contributed by atoms with van der Waals surface area (Å²) in [7, 11) is 3.68. The zero-order chi connectivity index (χ0) is 17.6. The third-order valence-electron chi connectivity index (χ3n) is 5.45. The van der Waals surface area contributed by atoms with Crippen LogP contribution in [0.25, 0.3) is 0 Å². The van der Waals surface area contributed by atoms with Crippen molar-refractivity contribution in [2.75, 3.05) is 18.5 Å². The second-order valence-corrected chi connectivity index (χ2v) is 6.86. The van der Waals surface area contributed by atoms with Crippen LogP contribution < -0.4 is 4.90 Å². The molecule has 2 aliphatic rings. The normalized spacial score (nSPS) is 23.0. The maximum atomic E-state index is 13.4. The Kier molecular flexibility index (Phi) is 3.82. The first-order chi connectivity index (χ1) is 12.1. The fourth-order valence-electron chi connectivity index (χ4n) is 4.08. The molecule has 25 heavy (non-hydrogen) atoms. The quantitative estimate of drug-likeness (QED) is 0.840. The van der Waals surface area contributed by atoms with Crippen molar-refractivity contribution < 1.29 is 9.59 Å². The number of fused-ring (bicyclic) bond motifs is 1. The molecule has 3 heterocycles. The first-order valence-electron chi connectivity index (χ1n) is 8.70. The number of hydrogen-bond acceptors (Lipinski definition) is 3. The molecular formula is C19H22N4O2. The number of hydrogen-bond donors (Lipinski definition) is 0. The zero-order valence-electron chi connectivity index (χ0n) is 14.6. The Morgan fingerprint density at radius 3 is 2.76 bits per heavy atom. The van der Waals surface area contributed by atoms with E-state index in [4.69, 9.17) is 0 Å². The number of anilines is 1. The van der Waals surface area contributed by atoms with Crippen molar-refractivity contribution in [2.24, 2.45) is 13.0 Å². The molecule has 1 aromatic heterocycles. The molecule has 2 atom stereocenters. The van der Waals surface area contributed by atoms with E-state index in [1.54, 1.807) is 18.1 Å². The summed E-state index contributed by atoms with van der Waals surface area (Å²) in [6.45, 7) is 0.708. The number of para-hydroxylation sites is 1. The topological polar surface area (TPSA) is 58.4 Å². The number of imidazole rings is 1. The van der Waals surface area contributed by atoms with Crippen LogP contribution in [0.5, 0.6) is 0 Å². The van der Waals surface area contributed by atoms with Gasteiger partial charge in [0.1, 0.15) is 11.9 Å². The molecule has 0 aliphatic carbocycles. The number of nitrogens with zero attached hydrogens (tertiary/aromatic N) is 4. The number of rotatable bonds is 2. The fourth-order valence-corrected chi connectivity index (χ4v) is 4.08. The summed E-state index contributed by atoms with van der Waals surface area (Å²) < 4.78 is 1.90. The summed E-state index contributed by atoms with van der Waals surface area (Å²) in [5.74, 6) is 0.660. The molecular weight excluding hydrogens is 316 g/mol. The van der Waals surface area contributed by atoms with Crippen molar-refractivity contribution >= 4 is 17.5 Å². The summed E-state index contributed by atoms with van der Waals surface area (Å²) >= 11 is 0. The van der Waals surface area contributed by atoms with Gasteiger partial charge >= 0.3 is 0 Å². The molecule has 6 nitrogen and oxygen atoms in total. The van der Waals surface area contributed by atoms with Gasteiger partial charge in [-0.05, 0) is 24.5 Å². The van der Waals surface area contributed by atoms with Gasteiger partial charge in [-0.15, -0.1) is 0 Å². The van der Waals surface area contributed by atoms with E-state index >= 15 is 0 Å². The number of aromatic nitrogens is 2. The maximum absolute atomic E-state index is 13.4. The average molecular weight is 338 g/mol. The van der Waals surface area contributed by atoms with Crippen LogP contribution in [-0.2, 0) is 23.1 Å². The minimum Gasteiger partial charge on any atom is -0.336 e. The highest BCUT2D eigenvalue weighted by molar-refractivity contribution is 5.98. The highest BCUT2D eigenvalue weighted by atomic mass is 16.2. The lowest BCUT2D eigenvalue weighted by atomic mass is 9.87. The molecule has 0 bridgehead atoms. The van der Waals surface area contributed by atoms with Gasteiger partial charge in [0.15, 0.2) is 0 Å². The molecule has 2 aromatic rings. The summed E-state index contributed by atoms with van der Waals surface area (Å²) in [6.07, 6.45) is 5.43. The predicted octanol–water partition coefficient (Wildman–Crippen LogP) is 1.92. The third-order valence-corrected chi connectivity index (χ3v) is 5.45. The van der Waals surface area contributed by atoms with Crippen molar-refractivity contribution in [3.8, 4) is 0 Å². The molecule has 130 valence electrons. The molecule has 0 radical (unpaired) electrons. The van der Waals surface area contributed by atoms with Crippen molar-refractivity contribution in [1.29, 1.82) is 0 Å². The molecule has 6 heteroatoms. The van der Waals surface area contributed by atoms with E-state index in [1.807, 2.05) is 40.9 Å². The van der Waals surface area contributed by atoms with E-state index < -0.39 is 0 Å². The van der Waals surface area contributed by atoms with Gasteiger partial charge in [0, 0.05) is 45.1 Å². The number of aryl methyl sites for hydroxylation is 1. The van der Waals surface area contributed by atoms with E-state index in [0.717, 1.165) is 17.9 Å².